The number of nitrogen functional groups attached to an aromatic ring is 1. The monoisotopic (exact) mass is 327 g/mol. The topological polar surface area (TPSA) is 90.4 Å². The Morgan fingerprint density at radius 3 is 2.96 bits per heavy atom. The zero-order chi connectivity index (χ0) is 17.1. The van der Waals surface area contributed by atoms with E-state index >= 15 is 0 Å². The minimum absolute atomic E-state index is 0.0121. The minimum Gasteiger partial charge on any atom is -0.487 e. The first-order valence-corrected chi connectivity index (χ1v) is 8.15. The second kappa shape index (κ2) is 6.78. The van der Waals surface area contributed by atoms with Crippen molar-refractivity contribution in [3.63, 3.8) is 0 Å². The van der Waals surface area contributed by atoms with Gasteiger partial charge >= 0.3 is 5.69 Å². The standard InChI is InChI=1S/C18H21N3O3/c1-2-24-17-8-4-7-16(18(17)21(22)23)20-15-6-3-5-12-11-13(19)9-10-14(12)15/h4,7-11,15,20H,2-3,5-6,19H2,1H3. The van der Waals surface area contributed by atoms with Crippen LogP contribution in [0.15, 0.2) is 36.4 Å². The summed E-state index contributed by atoms with van der Waals surface area (Å²) < 4.78 is 5.42. The van der Waals surface area contributed by atoms with Gasteiger partial charge in [-0.25, -0.2) is 0 Å². The second-order valence-electron chi connectivity index (χ2n) is 5.89. The highest BCUT2D eigenvalue weighted by atomic mass is 16.6. The second-order valence-corrected chi connectivity index (χ2v) is 5.89. The van der Waals surface area contributed by atoms with Gasteiger partial charge in [0, 0.05) is 5.69 Å². The summed E-state index contributed by atoms with van der Waals surface area (Å²) in [4.78, 5) is 11.1. The number of nitrogens with one attached hydrogen (secondary N) is 1. The van der Waals surface area contributed by atoms with E-state index < -0.39 is 0 Å². The fourth-order valence-corrected chi connectivity index (χ4v) is 3.27. The van der Waals surface area contributed by atoms with Gasteiger partial charge in [0.2, 0.25) is 0 Å². The molecule has 0 saturated carbocycles. The van der Waals surface area contributed by atoms with Crippen molar-refractivity contribution in [3.8, 4) is 5.75 Å². The number of nitro groups is 1. The lowest BCUT2D eigenvalue weighted by atomic mass is 9.87. The molecule has 1 aliphatic rings. The SMILES string of the molecule is CCOc1cccc(NC2CCCc3cc(N)ccc32)c1[N+](=O)[O-]. The number of anilines is 2. The van der Waals surface area contributed by atoms with Crippen LogP contribution in [0.5, 0.6) is 5.75 Å². The Hall–Kier alpha value is -2.76. The van der Waals surface area contributed by atoms with Crippen molar-refractivity contribution >= 4 is 17.1 Å². The third kappa shape index (κ3) is 3.13. The van der Waals surface area contributed by atoms with Gasteiger partial charge < -0.3 is 15.8 Å². The molecular formula is C18H21N3O3. The van der Waals surface area contributed by atoms with Crippen LogP contribution >= 0.6 is 0 Å². The third-order valence-corrected chi connectivity index (χ3v) is 4.29. The predicted octanol–water partition coefficient (Wildman–Crippen LogP) is 4.07. The molecule has 0 amide bonds. The van der Waals surface area contributed by atoms with Crippen molar-refractivity contribution in [2.75, 3.05) is 17.7 Å². The highest BCUT2D eigenvalue weighted by molar-refractivity contribution is 5.69. The van der Waals surface area contributed by atoms with E-state index in [9.17, 15) is 10.1 Å². The van der Waals surface area contributed by atoms with E-state index in [4.69, 9.17) is 10.5 Å². The molecule has 24 heavy (non-hydrogen) atoms. The molecule has 0 spiro atoms. The molecule has 2 aromatic carbocycles. The molecule has 0 radical (unpaired) electrons. The Bertz CT molecular complexity index is 761. The molecule has 3 rings (SSSR count). The minimum atomic E-state index is -0.389. The molecule has 1 aliphatic carbocycles. The molecule has 6 heteroatoms. The summed E-state index contributed by atoms with van der Waals surface area (Å²) in [6.45, 7) is 2.20. The molecule has 0 bridgehead atoms. The summed E-state index contributed by atoms with van der Waals surface area (Å²) in [6.07, 6.45) is 2.93. The highest BCUT2D eigenvalue weighted by Gasteiger charge is 2.26. The number of fused-ring (bicyclic) bond motifs is 1. The van der Waals surface area contributed by atoms with Crippen molar-refractivity contribution in [2.45, 2.75) is 32.2 Å². The number of nitro benzene ring substituents is 1. The average molecular weight is 327 g/mol. The van der Waals surface area contributed by atoms with Crippen LogP contribution in [-0.2, 0) is 6.42 Å². The third-order valence-electron chi connectivity index (χ3n) is 4.29. The maximum absolute atomic E-state index is 11.5. The normalized spacial score (nSPS) is 16.3. The van der Waals surface area contributed by atoms with Crippen molar-refractivity contribution in [2.24, 2.45) is 0 Å². The Morgan fingerprint density at radius 1 is 1.38 bits per heavy atom. The van der Waals surface area contributed by atoms with E-state index in [0.29, 0.717) is 18.0 Å². The maximum atomic E-state index is 11.5. The zero-order valence-electron chi connectivity index (χ0n) is 13.6. The molecule has 0 fully saturated rings. The molecule has 0 saturated heterocycles. The Balaban J connectivity index is 1.95. The number of hydrogen-bond acceptors (Lipinski definition) is 5. The summed E-state index contributed by atoms with van der Waals surface area (Å²) in [5.41, 5.74) is 9.46. The van der Waals surface area contributed by atoms with Crippen LogP contribution < -0.4 is 15.8 Å². The first kappa shape index (κ1) is 16.1. The molecule has 2 aromatic rings. The van der Waals surface area contributed by atoms with E-state index in [1.54, 1.807) is 18.2 Å². The number of ether oxygens (including phenoxy) is 1. The Labute approximate surface area is 140 Å². The molecule has 0 aromatic heterocycles. The van der Waals surface area contributed by atoms with Gasteiger partial charge in [0.1, 0.15) is 5.69 Å². The van der Waals surface area contributed by atoms with Gasteiger partial charge in [-0.2, -0.15) is 0 Å². The Morgan fingerprint density at radius 2 is 2.21 bits per heavy atom. The molecule has 1 atom stereocenters. The molecule has 6 nitrogen and oxygen atoms in total. The van der Waals surface area contributed by atoms with E-state index in [1.807, 2.05) is 25.1 Å². The fraction of sp³-hybridized carbons (Fsp3) is 0.333. The average Bonchev–Trinajstić information content (AvgIpc) is 2.55. The first-order valence-electron chi connectivity index (χ1n) is 8.15. The predicted molar refractivity (Wildman–Crippen MR) is 94.4 cm³/mol. The highest BCUT2D eigenvalue weighted by Crippen LogP contribution is 2.39. The molecule has 1 unspecified atom stereocenters. The zero-order valence-corrected chi connectivity index (χ0v) is 13.6. The van der Waals surface area contributed by atoms with Gasteiger partial charge in [-0.15, -0.1) is 0 Å². The van der Waals surface area contributed by atoms with E-state index in [1.165, 1.54) is 5.56 Å². The molecule has 0 aliphatic heterocycles. The molecule has 126 valence electrons. The van der Waals surface area contributed by atoms with E-state index in [0.717, 1.165) is 30.5 Å². The van der Waals surface area contributed by atoms with Crippen LogP contribution in [0, 0.1) is 10.1 Å². The van der Waals surface area contributed by atoms with Gasteiger partial charge in [0.05, 0.1) is 17.6 Å². The number of aryl methyl sites for hydroxylation is 1. The van der Waals surface area contributed by atoms with E-state index in [2.05, 4.69) is 5.32 Å². The molecule has 3 N–H and O–H groups in total. The molecular weight excluding hydrogens is 306 g/mol. The fourth-order valence-electron chi connectivity index (χ4n) is 3.27. The van der Waals surface area contributed by atoms with Gasteiger partial charge in [0.25, 0.3) is 0 Å². The quantitative estimate of drug-likeness (QED) is 0.491. The number of benzene rings is 2. The van der Waals surface area contributed by atoms with Crippen molar-refractivity contribution < 1.29 is 9.66 Å². The number of hydrogen-bond donors (Lipinski definition) is 2. The van der Waals surface area contributed by atoms with Crippen LogP contribution in [0.2, 0.25) is 0 Å². The van der Waals surface area contributed by atoms with Crippen LogP contribution in [0.1, 0.15) is 36.9 Å². The van der Waals surface area contributed by atoms with Crippen LogP contribution in [0.4, 0.5) is 17.1 Å². The van der Waals surface area contributed by atoms with Crippen molar-refractivity contribution in [3.05, 3.63) is 57.6 Å². The van der Waals surface area contributed by atoms with Crippen LogP contribution in [-0.4, -0.2) is 11.5 Å². The van der Waals surface area contributed by atoms with Crippen molar-refractivity contribution in [1.82, 2.24) is 0 Å². The first-order chi connectivity index (χ1) is 11.6. The maximum Gasteiger partial charge on any atom is 0.333 e. The summed E-state index contributed by atoms with van der Waals surface area (Å²) in [6, 6.07) is 11.0. The van der Waals surface area contributed by atoms with Crippen molar-refractivity contribution in [1.29, 1.82) is 0 Å². The molecule has 0 heterocycles. The lowest BCUT2D eigenvalue weighted by Crippen LogP contribution is -2.18. The summed E-state index contributed by atoms with van der Waals surface area (Å²) in [5, 5.41) is 14.9. The smallest absolute Gasteiger partial charge is 0.333 e. The van der Waals surface area contributed by atoms with Gasteiger partial charge in [0.15, 0.2) is 5.75 Å². The Kier molecular flexibility index (Phi) is 4.55. The van der Waals surface area contributed by atoms with Crippen LogP contribution in [0.3, 0.4) is 0 Å². The summed E-state index contributed by atoms with van der Waals surface area (Å²) >= 11 is 0. The van der Waals surface area contributed by atoms with E-state index in [-0.39, 0.29) is 16.7 Å². The summed E-state index contributed by atoms with van der Waals surface area (Å²) in [5.74, 6) is 0.292. The number of para-hydroxylation sites is 1. The number of nitrogens with two attached hydrogens (primary N) is 1. The van der Waals surface area contributed by atoms with Crippen LogP contribution in [0.25, 0.3) is 0 Å². The summed E-state index contributed by atoms with van der Waals surface area (Å²) in [7, 11) is 0. The van der Waals surface area contributed by atoms with Gasteiger partial charge in [-0.05, 0) is 61.6 Å². The van der Waals surface area contributed by atoms with Gasteiger partial charge in [-0.3, -0.25) is 10.1 Å². The lowest BCUT2D eigenvalue weighted by Gasteiger charge is -2.27. The lowest BCUT2D eigenvalue weighted by molar-refractivity contribution is -0.385. The number of nitrogens with zero attached hydrogens (tertiary/aromatic N) is 1. The largest absolute Gasteiger partial charge is 0.487 e. The van der Waals surface area contributed by atoms with Gasteiger partial charge in [-0.1, -0.05) is 12.1 Å². The number of rotatable bonds is 5.